The third-order valence-corrected chi connectivity index (χ3v) is 3.37. The Balaban J connectivity index is 2.90. The molecule has 2 nitrogen and oxygen atoms in total. The normalized spacial score (nSPS) is 14.8. The lowest BCUT2D eigenvalue weighted by Gasteiger charge is -2.41. The van der Waals surface area contributed by atoms with Crippen LogP contribution in [0.2, 0.25) is 0 Å². The summed E-state index contributed by atoms with van der Waals surface area (Å²) in [5.74, 6) is 0.178. The van der Waals surface area contributed by atoms with Gasteiger partial charge in [-0.1, -0.05) is 52.5 Å². The van der Waals surface area contributed by atoms with Crippen molar-refractivity contribution in [3.05, 3.63) is 36.4 Å². The molecule has 1 unspecified atom stereocenters. The maximum absolute atomic E-state index is 6.11. The second-order valence-electron chi connectivity index (χ2n) is 5.92. The lowest BCUT2D eigenvalue weighted by molar-refractivity contribution is -0.229. The maximum Gasteiger partial charge on any atom is 0.212 e. The fourth-order valence-electron chi connectivity index (χ4n) is 1.59. The number of hydrogen-bond acceptors (Lipinski definition) is 2. The van der Waals surface area contributed by atoms with Gasteiger partial charge in [-0.2, -0.15) is 0 Å². The zero-order valence-electron chi connectivity index (χ0n) is 12.8. The fraction of sp³-hybridized carbons (Fsp3) is 0.529. The zero-order chi connectivity index (χ0) is 14.5. The smallest absolute Gasteiger partial charge is 0.212 e. The number of rotatable bonds is 6. The van der Waals surface area contributed by atoms with Crippen LogP contribution in [0.3, 0.4) is 0 Å². The molecule has 0 N–H and O–H groups in total. The van der Waals surface area contributed by atoms with E-state index in [4.69, 9.17) is 9.47 Å². The van der Waals surface area contributed by atoms with Crippen LogP contribution in [-0.4, -0.2) is 12.4 Å². The molecular weight excluding hydrogens is 236 g/mol. The van der Waals surface area contributed by atoms with Crippen LogP contribution in [0.15, 0.2) is 30.8 Å². The highest BCUT2D eigenvalue weighted by atomic mass is 16.7. The first-order chi connectivity index (χ1) is 8.82. The molecule has 0 saturated carbocycles. The summed E-state index contributed by atoms with van der Waals surface area (Å²) in [4.78, 5) is 0. The second-order valence-corrected chi connectivity index (χ2v) is 5.92. The summed E-state index contributed by atoms with van der Waals surface area (Å²) < 4.78 is 12.1. The summed E-state index contributed by atoms with van der Waals surface area (Å²) in [7, 11) is 0. The van der Waals surface area contributed by atoms with E-state index in [9.17, 15) is 0 Å². The molecule has 0 aliphatic carbocycles. The van der Waals surface area contributed by atoms with Gasteiger partial charge in [0.25, 0.3) is 0 Å². The lowest BCUT2D eigenvalue weighted by atomic mass is 9.86. The van der Waals surface area contributed by atoms with E-state index in [-0.39, 0.29) is 5.41 Å². The van der Waals surface area contributed by atoms with Crippen molar-refractivity contribution < 1.29 is 9.47 Å². The van der Waals surface area contributed by atoms with E-state index in [1.807, 2.05) is 37.3 Å². The molecule has 0 fully saturated rings. The first kappa shape index (κ1) is 15.8. The predicted molar refractivity (Wildman–Crippen MR) is 81.3 cm³/mol. The second kappa shape index (κ2) is 6.25. The molecule has 0 aliphatic heterocycles. The molecule has 0 heterocycles. The van der Waals surface area contributed by atoms with Gasteiger partial charge in [-0.15, -0.1) is 0 Å². The van der Waals surface area contributed by atoms with E-state index >= 15 is 0 Å². The average Bonchev–Trinajstić information content (AvgIpc) is 2.36. The van der Waals surface area contributed by atoms with Crippen molar-refractivity contribution in [3.8, 4) is 5.75 Å². The van der Waals surface area contributed by atoms with Gasteiger partial charge in [-0.25, -0.2) is 0 Å². The number of ether oxygens (including phenoxy) is 2. The van der Waals surface area contributed by atoms with Crippen LogP contribution in [0, 0.1) is 5.41 Å². The van der Waals surface area contributed by atoms with Crippen molar-refractivity contribution in [2.75, 3.05) is 6.61 Å². The zero-order valence-corrected chi connectivity index (χ0v) is 12.8. The minimum absolute atomic E-state index is 0.112. The van der Waals surface area contributed by atoms with E-state index in [2.05, 4.69) is 34.3 Å². The van der Waals surface area contributed by atoms with E-state index in [1.54, 1.807) is 0 Å². The van der Waals surface area contributed by atoms with Crippen molar-refractivity contribution in [3.63, 3.8) is 0 Å². The highest BCUT2D eigenvalue weighted by Crippen LogP contribution is 2.36. The van der Waals surface area contributed by atoms with Crippen LogP contribution < -0.4 is 4.74 Å². The van der Waals surface area contributed by atoms with Gasteiger partial charge in [0, 0.05) is 12.3 Å². The van der Waals surface area contributed by atoms with E-state index in [1.165, 1.54) is 0 Å². The molecule has 0 aromatic heterocycles. The molecule has 0 amide bonds. The van der Waals surface area contributed by atoms with Crippen molar-refractivity contribution in [2.45, 2.75) is 46.8 Å². The third kappa shape index (κ3) is 4.10. The van der Waals surface area contributed by atoms with Crippen LogP contribution in [0.1, 0.15) is 46.6 Å². The summed E-state index contributed by atoms with van der Waals surface area (Å²) in [6, 6.07) is 7.89. The Labute approximate surface area is 117 Å². The van der Waals surface area contributed by atoms with Gasteiger partial charge in [0.05, 0.1) is 6.61 Å². The quantitative estimate of drug-likeness (QED) is 0.679. The van der Waals surface area contributed by atoms with Crippen molar-refractivity contribution in [1.29, 1.82) is 0 Å². The Bertz CT molecular complexity index is 400. The number of benzene rings is 1. The Kier molecular flexibility index (Phi) is 5.19. The molecule has 0 spiro atoms. The Morgan fingerprint density at radius 1 is 1.11 bits per heavy atom. The Morgan fingerprint density at radius 2 is 1.68 bits per heavy atom. The summed E-state index contributed by atoms with van der Waals surface area (Å²) in [5.41, 5.74) is 0.971. The third-order valence-electron chi connectivity index (χ3n) is 3.37. The molecule has 1 aromatic rings. The van der Waals surface area contributed by atoms with Crippen molar-refractivity contribution in [2.24, 2.45) is 5.41 Å². The predicted octanol–water partition coefficient (Wildman–Crippen LogP) is 4.90. The SMILES string of the molecule is C=Cc1ccc(OC(C)(OCCC)C(C)(C)C)cc1. The molecule has 106 valence electrons. The van der Waals surface area contributed by atoms with Crippen LogP contribution in [0.4, 0.5) is 0 Å². The molecule has 19 heavy (non-hydrogen) atoms. The summed E-state index contributed by atoms with van der Waals surface area (Å²) in [5, 5.41) is 0. The largest absolute Gasteiger partial charge is 0.462 e. The standard InChI is InChI=1S/C17H26O2/c1-7-13-18-17(6,16(3,4)5)19-15-11-9-14(8-2)10-12-15/h8-12H,2,7,13H2,1,3-6H3. The number of hydrogen-bond donors (Lipinski definition) is 0. The first-order valence-electron chi connectivity index (χ1n) is 6.88. The first-order valence-corrected chi connectivity index (χ1v) is 6.88. The molecule has 1 rings (SSSR count). The van der Waals surface area contributed by atoms with E-state index < -0.39 is 5.79 Å². The van der Waals surface area contributed by atoms with Gasteiger partial charge in [0.2, 0.25) is 5.79 Å². The highest BCUT2D eigenvalue weighted by molar-refractivity contribution is 5.48. The van der Waals surface area contributed by atoms with Crippen molar-refractivity contribution in [1.82, 2.24) is 0 Å². The molecule has 1 atom stereocenters. The van der Waals surface area contributed by atoms with Crippen LogP contribution >= 0.6 is 0 Å². The monoisotopic (exact) mass is 262 g/mol. The average molecular weight is 262 g/mol. The molecule has 0 aliphatic rings. The fourth-order valence-corrected chi connectivity index (χ4v) is 1.59. The van der Waals surface area contributed by atoms with Gasteiger partial charge in [-0.05, 0) is 24.1 Å². The van der Waals surface area contributed by atoms with Gasteiger partial charge in [0.1, 0.15) is 5.75 Å². The minimum Gasteiger partial charge on any atom is -0.462 e. The maximum atomic E-state index is 6.11. The van der Waals surface area contributed by atoms with Crippen LogP contribution in [-0.2, 0) is 4.74 Å². The summed E-state index contributed by atoms with van der Waals surface area (Å²) in [6.45, 7) is 14.9. The topological polar surface area (TPSA) is 18.5 Å². The minimum atomic E-state index is -0.640. The lowest BCUT2D eigenvalue weighted by Crippen LogP contribution is -2.48. The van der Waals surface area contributed by atoms with Gasteiger partial charge in [0.15, 0.2) is 0 Å². The van der Waals surface area contributed by atoms with E-state index in [0.717, 1.165) is 17.7 Å². The molecule has 0 bridgehead atoms. The molecular formula is C17H26O2. The molecule has 0 radical (unpaired) electrons. The van der Waals surface area contributed by atoms with Crippen molar-refractivity contribution >= 4 is 6.08 Å². The van der Waals surface area contributed by atoms with Crippen LogP contribution in [0.5, 0.6) is 5.75 Å². The van der Waals surface area contributed by atoms with Gasteiger partial charge < -0.3 is 9.47 Å². The highest BCUT2D eigenvalue weighted by Gasteiger charge is 2.41. The molecule has 0 saturated heterocycles. The summed E-state index contributed by atoms with van der Waals surface area (Å²) in [6.07, 6.45) is 2.80. The van der Waals surface area contributed by atoms with Gasteiger partial charge >= 0.3 is 0 Å². The summed E-state index contributed by atoms with van der Waals surface area (Å²) >= 11 is 0. The molecule has 1 aromatic carbocycles. The van der Waals surface area contributed by atoms with Crippen LogP contribution in [0.25, 0.3) is 6.08 Å². The molecule has 2 heteroatoms. The Hall–Kier alpha value is -1.28. The Morgan fingerprint density at radius 3 is 2.11 bits per heavy atom. The van der Waals surface area contributed by atoms with Gasteiger partial charge in [-0.3, -0.25) is 0 Å². The van der Waals surface area contributed by atoms with E-state index in [0.29, 0.717) is 6.61 Å².